The summed E-state index contributed by atoms with van der Waals surface area (Å²) in [6.45, 7) is -0.800. The Hall–Kier alpha value is -3.08. The van der Waals surface area contributed by atoms with E-state index in [4.69, 9.17) is 6.42 Å². The van der Waals surface area contributed by atoms with Crippen molar-refractivity contribution >= 4 is 15.9 Å². The summed E-state index contributed by atoms with van der Waals surface area (Å²) in [5.74, 6) is 8.67. The van der Waals surface area contributed by atoms with Crippen LogP contribution in [0.5, 0.6) is 5.75 Å². The van der Waals surface area contributed by atoms with E-state index in [9.17, 15) is 8.78 Å². The minimum atomic E-state index is -2.80. The zero-order valence-corrected chi connectivity index (χ0v) is 16.7. The largest absolute Gasteiger partial charge is 0.435 e. The van der Waals surface area contributed by atoms with Crippen LogP contribution in [0.1, 0.15) is 22.3 Å². The summed E-state index contributed by atoms with van der Waals surface area (Å²) in [7, 11) is 0. The smallest absolute Gasteiger partial charge is 0.387 e. The fourth-order valence-electron chi connectivity index (χ4n) is 2.17. The van der Waals surface area contributed by atoms with Crippen molar-refractivity contribution in [1.29, 1.82) is 0 Å². The van der Waals surface area contributed by atoms with Crippen LogP contribution in [-0.4, -0.2) is 6.61 Å². The Morgan fingerprint density at radius 2 is 1.50 bits per heavy atom. The summed E-state index contributed by atoms with van der Waals surface area (Å²) in [6, 6.07) is 21.8. The summed E-state index contributed by atoms with van der Waals surface area (Å²) < 4.78 is 29.2. The van der Waals surface area contributed by atoms with Crippen LogP contribution in [0.15, 0.2) is 77.3 Å². The molecule has 0 aliphatic carbocycles. The second-order valence-electron chi connectivity index (χ2n) is 5.68. The Bertz CT molecular complexity index is 1010. The molecule has 0 saturated carbocycles. The molecule has 0 N–H and O–H groups in total. The monoisotopic (exact) mass is 438 g/mol. The van der Waals surface area contributed by atoms with Crippen LogP contribution >= 0.6 is 15.9 Å². The lowest BCUT2D eigenvalue weighted by atomic mass is 10.1. The first-order chi connectivity index (χ1) is 13.5. The van der Waals surface area contributed by atoms with Gasteiger partial charge in [-0.3, -0.25) is 0 Å². The molecule has 3 rings (SSSR count). The molecule has 0 aliphatic heterocycles. The first-order valence-electron chi connectivity index (χ1n) is 8.32. The molecule has 140 valence electrons. The van der Waals surface area contributed by atoms with E-state index in [1.165, 1.54) is 12.1 Å². The third-order valence-corrected chi connectivity index (χ3v) is 3.93. The molecule has 28 heavy (non-hydrogen) atoms. The number of aryl methyl sites for hydroxylation is 1. The van der Waals surface area contributed by atoms with Crippen molar-refractivity contribution in [2.24, 2.45) is 0 Å². The second-order valence-corrected chi connectivity index (χ2v) is 6.59. The summed E-state index contributed by atoms with van der Waals surface area (Å²) in [6.07, 6.45) is 5.15. The molecule has 0 aromatic heterocycles. The van der Waals surface area contributed by atoms with E-state index in [1.54, 1.807) is 12.1 Å². The average molecular weight is 439 g/mol. The lowest BCUT2D eigenvalue weighted by molar-refractivity contribution is -0.0498. The number of benzene rings is 3. The van der Waals surface area contributed by atoms with Crippen molar-refractivity contribution in [3.63, 3.8) is 0 Å². The highest BCUT2D eigenvalue weighted by molar-refractivity contribution is 9.10. The summed E-state index contributed by atoms with van der Waals surface area (Å²) in [5, 5.41) is 0. The number of ether oxygens (including phenoxy) is 1. The molecule has 3 aromatic rings. The first kappa shape index (κ1) is 21.2. The molecular weight excluding hydrogens is 422 g/mol. The molecule has 0 heterocycles. The zero-order valence-electron chi connectivity index (χ0n) is 15.1. The van der Waals surface area contributed by atoms with Gasteiger partial charge in [0.2, 0.25) is 0 Å². The minimum Gasteiger partial charge on any atom is -0.435 e. The van der Waals surface area contributed by atoms with Crippen molar-refractivity contribution < 1.29 is 13.5 Å². The Kier molecular flexibility index (Phi) is 8.28. The SMILES string of the molecule is C#Cc1cccc(Br)c1.Cc1cccc(C#Cc2ccc(OC(F)F)cc2)c1. The van der Waals surface area contributed by atoms with Gasteiger partial charge in [0.1, 0.15) is 5.75 Å². The number of hydrogen-bond acceptors (Lipinski definition) is 1. The van der Waals surface area contributed by atoms with Crippen LogP contribution in [-0.2, 0) is 0 Å². The van der Waals surface area contributed by atoms with Gasteiger partial charge in [0, 0.05) is 21.2 Å². The zero-order chi connectivity index (χ0) is 20.4. The summed E-state index contributed by atoms with van der Waals surface area (Å²) >= 11 is 3.31. The highest BCUT2D eigenvalue weighted by Crippen LogP contribution is 2.14. The molecule has 0 radical (unpaired) electrons. The van der Waals surface area contributed by atoms with E-state index in [2.05, 4.69) is 38.4 Å². The van der Waals surface area contributed by atoms with Gasteiger partial charge in [0.15, 0.2) is 0 Å². The molecule has 0 unspecified atom stereocenters. The highest BCUT2D eigenvalue weighted by Gasteiger charge is 2.02. The minimum absolute atomic E-state index is 0.135. The van der Waals surface area contributed by atoms with Crippen molar-refractivity contribution in [3.05, 3.63) is 99.5 Å². The van der Waals surface area contributed by atoms with Crippen LogP contribution in [0, 0.1) is 31.1 Å². The number of halogens is 3. The topological polar surface area (TPSA) is 9.23 Å². The predicted molar refractivity (Wildman–Crippen MR) is 112 cm³/mol. The Labute approximate surface area is 172 Å². The van der Waals surface area contributed by atoms with Crippen LogP contribution in [0.25, 0.3) is 0 Å². The molecular formula is C24H17BrF2O. The molecule has 1 nitrogen and oxygen atoms in total. The van der Waals surface area contributed by atoms with Crippen LogP contribution in [0.3, 0.4) is 0 Å². The van der Waals surface area contributed by atoms with E-state index < -0.39 is 6.61 Å². The molecule has 0 fully saturated rings. The van der Waals surface area contributed by atoms with Gasteiger partial charge in [0.25, 0.3) is 0 Å². The Morgan fingerprint density at radius 1 is 0.857 bits per heavy atom. The third-order valence-electron chi connectivity index (χ3n) is 3.44. The van der Waals surface area contributed by atoms with Gasteiger partial charge >= 0.3 is 6.61 Å². The Balaban J connectivity index is 0.000000261. The highest BCUT2D eigenvalue weighted by atomic mass is 79.9. The summed E-state index contributed by atoms with van der Waals surface area (Å²) in [5.41, 5.74) is 3.73. The molecule has 4 heteroatoms. The van der Waals surface area contributed by atoms with Crippen molar-refractivity contribution in [3.8, 4) is 29.9 Å². The van der Waals surface area contributed by atoms with E-state index in [-0.39, 0.29) is 5.75 Å². The van der Waals surface area contributed by atoms with Gasteiger partial charge in [0.05, 0.1) is 0 Å². The van der Waals surface area contributed by atoms with E-state index in [1.807, 2.05) is 55.5 Å². The molecule has 0 spiro atoms. The van der Waals surface area contributed by atoms with Gasteiger partial charge in [-0.25, -0.2) is 0 Å². The van der Waals surface area contributed by atoms with Gasteiger partial charge < -0.3 is 4.74 Å². The first-order valence-corrected chi connectivity index (χ1v) is 9.11. The predicted octanol–water partition coefficient (Wildman–Crippen LogP) is 6.43. The Morgan fingerprint density at radius 3 is 2.07 bits per heavy atom. The van der Waals surface area contributed by atoms with Gasteiger partial charge in [-0.05, 0) is 67.1 Å². The van der Waals surface area contributed by atoms with E-state index in [0.29, 0.717) is 0 Å². The standard InChI is InChI=1S/C16H12F2O.C8H5Br/c1-12-3-2-4-14(11-12)6-5-13-7-9-15(10-8-13)19-16(17)18;1-2-7-4-3-5-8(9)6-7/h2-4,7-11,16H,1H3;1,3-6H. The average Bonchev–Trinajstić information content (AvgIpc) is 2.67. The van der Waals surface area contributed by atoms with Crippen LogP contribution < -0.4 is 4.74 Å². The number of hydrogen-bond donors (Lipinski definition) is 0. The second kappa shape index (κ2) is 10.9. The number of terminal acetylenes is 1. The van der Waals surface area contributed by atoms with Crippen LogP contribution in [0.4, 0.5) is 8.78 Å². The fraction of sp³-hybridized carbons (Fsp3) is 0.0833. The molecule has 0 aliphatic rings. The lowest BCUT2D eigenvalue weighted by Gasteiger charge is -2.03. The van der Waals surface area contributed by atoms with Crippen LogP contribution in [0.2, 0.25) is 0 Å². The van der Waals surface area contributed by atoms with Crippen molar-refractivity contribution in [1.82, 2.24) is 0 Å². The maximum atomic E-state index is 12.0. The molecule has 0 atom stereocenters. The molecule has 0 saturated heterocycles. The van der Waals surface area contributed by atoms with E-state index in [0.717, 1.165) is 26.7 Å². The number of alkyl halides is 2. The van der Waals surface area contributed by atoms with E-state index >= 15 is 0 Å². The maximum absolute atomic E-state index is 12.0. The molecule has 0 bridgehead atoms. The fourth-order valence-corrected chi connectivity index (χ4v) is 2.56. The molecule has 0 amide bonds. The third kappa shape index (κ3) is 7.66. The quantitative estimate of drug-likeness (QED) is 0.419. The summed E-state index contributed by atoms with van der Waals surface area (Å²) in [4.78, 5) is 0. The van der Waals surface area contributed by atoms with Gasteiger partial charge in [-0.2, -0.15) is 8.78 Å². The molecule has 3 aromatic carbocycles. The lowest BCUT2D eigenvalue weighted by Crippen LogP contribution is -2.01. The number of rotatable bonds is 2. The maximum Gasteiger partial charge on any atom is 0.387 e. The van der Waals surface area contributed by atoms with Crippen molar-refractivity contribution in [2.45, 2.75) is 13.5 Å². The normalized spacial score (nSPS) is 9.43. The van der Waals surface area contributed by atoms with Gasteiger partial charge in [-0.1, -0.05) is 51.9 Å². The van der Waals surface area contributed by atoms with Crippen molar-refractivity contribution in [2.75, 3.05) is 0 Å². The van der Waals surface area contributed by atoms with Gasteiger partial charge in [-0.15, -0.1) is 6.42 Å².